The van der Waals surface area contributed by atoms with Crippen molar-refractivity contribution < 1.29 is 27.2 Å². The highest BCUT2D eigenvalue weighted by Gasteiger charge is 2.36. The predicted octanol–water partition coefficient (Wildman–Crippen LogP) is 3.12. The zero-order valence-electron chi connectivity index (χ0n) is 14.7. The number of hydrogen-bond donors (Lipinski definition) is 0. The van der Waals surface area contributed by atoms with Crippen molar-refractivity contribution in [3.63, 3.8) is 0 Å². The second-order valence-corrected chi connectivity index (χ2v) is 6.28. The zero-order chi connectivity index (χ0) is 20.5. The molecule has 0 amide bonds. The van der Waals surface area contributed by atoms with E-state index in [0.29, 0.717) is 32.0 Å². The van der Waals surface area contributed by atoms with Gasteiger partial charge < -0.3 is 9.64 Å². The molecule has 3 heterocycles. The van der Waals surface area contributed by atoms with Gasteiger partial charge in [0.1, 0.15) is 6.33 Å². The Morgan fingerprint density at radius 3 is 2.54 bits per heavy atom. The summed E-state index contributed by atoms with van der Waals surface area (Å²) in [6, 6.07) is 0.623. The van der Waals surface area contributed by atoms with Crippen LogP contribution in [0.4, 0.5) is 29.1 Å². The molecule has 0 spiro atoms. The maximum Gasteiger partial charge on any atom is 0.435 e. The van der Waals surface area contributed by atoms with Crippen LogP contribution in [-0.2, 0) is 13.2 Å². The Labute approximate surface area is 156 Å². The van der Waals surface area contributed by atoms with E-state index in [1.54, 1.807) is 4.90 Å². The minimum Gasteiger partial charge on any atom is -0.415 e. The third-order valence-electron chi connectivity index (χ3n) is 4.41. The van der Waals surface area contributed by atoms with Gasteiger partial charge in [-0.05, 0) is 18.8 Å². The van der Waals surface area contributed by atoms with Crippen molar-refractivity contribution in [2.24, 2.45) is 13.0 Å². The van der Waals surface area contributed by atoms with Gasteiger partial charge >= 0.3 is 17.7 Å². The lowest BCUT2D eigenvalue weighted by atomic mass is 9.98. The Hall–Kier alpha value is -2.99. The van der Waals surface area contributed by atoms with Crippen LogP contribution >= 0.6 is 0 Å². The average Bonchev–Trinajstić information content (AvgIpc) is 3.02. The fourth-order valence-electron chi connectivity index (χ4n) is 2.90. The third-order valence-corrected chi connectivity index (χ3v) is 4.41. The van der Waals surface area contributed by atoms with Gasteiger partial charge in [0.25, 0.3) is 0 Å². The number of alkyl halides is 4. The lowest BCUT2D eigenvalue weighted by molar-refractivity contribution is -0.385. The Bertz CT molecular complexity index is 864. The number of aryl methyl sites for hydroxylation is 1. The number of piperidine rings is 1. The van der Waals surface area contributed by atoms with Crippen LogP contribution in [-0.4, -0.2) is 44.4 Å². The highest BCUT2D eigenvalue weighted by atomic mass is 19.4. The molecule has 2 aromatic rings. The van der Waals surface area contributed by atoms with E-state index in [-0.39, 0.29) is 17.6 Å². The van der Waals surface area contributed by atoms with Gasteiger partial charge in [0, 0.05) is 26.2 Å². The average molecular weight is 404 g/mol. The highest BCUT2D eigenvalue weighted by Crippen LogP contribution is 2.38. The van der Waals surface area contributed by atoms with Crippen LogP contribution in [0.5, 0.6) is 11.8 Å². The molecule has 0 radical (unpaired) electrons. The summed E-state index contributed by atoms with van der Waals surface area (Å²) < 4.78 is 57.3. The maximum absolute atomic E-state index is 12.8. The fourth-order valence-corrected chi connectivity index (χ4v) is 2.90. The summed E-state index contributed by atoms with van der Waals surface area (Å²) in [6.45, 7) is 0.252. The van der Waals surface area contributed by atoms with Gasteiger partial charge in [-0.25, -0.2) is 9.67 Å². The molecule has 152 valence electrons. The Kier molecular flexibility index (Phi) is 5.34. The van der Waals surface area contributed by atoms with Crippen molar-refractivity contribution in [3.05, 3.63) is 28.2 Å². The molecule has 2 aromatic heterocycles. The lowest BCUT2D eigenvalue weighted by Crippen LogP contribution is -2.35. The predicted molar refractivity (Wildman–Crippen MR) is 87.9 cm³/mol. The molecule has 0 unspecified atom stereocenters. The van der Waals surface area contributed by atoms with Crippen molar-refractivity contribution in [2.75, 3.05) is 24.7 Å². The summed E-state index contributed by atoms with van der Waals surface area (Å²) in [6.07, 6.45) is -2.65. The third kappa shape index (κ3) is 3.97. The summed E-state index contributed by atoms with van der Waals surface area (Å²) in [5, 5.41) is 14.9. The minimum atomic E-state index is -4.69. The molecular weight excluding hydrogens is 388 g/mol. The van der Waals surface area contributed by atoms with Gasteiger partial charge in [0.15, 0.2) is 5.69 Å². The Balaban J connectivity index is 1.92. The second-order valence-electron chi connectivity index (χ2n) is 6.28. The normalized spacial score (nSPS) is 15.7. The Morgan fingerprint density at radius 1 is 1.32 bits per heavy atom. The van der Waals surface area contributed by atoms with Crippen LogP contribution in [0.1, 0.15) is 18.5 Å². The molecule has 1 fully saturated rings. The molecule has 9 nitrogen and oxygen atoms in total. The number of anilines is 1. The molecule has 0 bridgehead atoms. The molecule has 28 heavy (non-hydrogen) atoms. The van der Waals surface area contributed by atoms with Crippen LogP contribution in [0.15, 0.2) is 12.4 Å². The summed E-state index contributed by atoms with van der Waals surface area (Å²) in [5.41, 5.74) is -1.77. The van der Waals surface area contributed by atoms with Gasteiger partial charge in [-0.2, -0.15) is 23.3 Å². The first-order valence-electron chi connectivity index (χ1n) is 8.30. The maximum atomic E-state index is 12.8. The van der Waals surface area contributed by atoms with Crippen molar-refractivity contribution in [2.45, 2.75) is 19.0 Å². The molecule has 0 saturated carbocycles. The summed E-state index contributed by atoms with van der Waals surface area (Å²) >= 11 is 0. The molecule has 1 aliphatic rings. The minimum absolute atomic E-state index is 0.0227. The van der Waals surface area contributed by atoms with Crippen LogP contribution in [0, 0.1) is 16.0 Å². The molecule has 13 heteroatoms. The van der Waals surface area contributed by atoms with E-state index in [1.165, 1.54) is 7.05 Å². The summed E-state index contributed by atoms with van der Waals surface area (Å²) in [5.74, 6) is -0.996. The highest BCUT2D eigenvalue weighted by molar-refractivity contribution is 5.63. The van der Waals surface area contributed by atoms with Gasteiger partial charge in [-0.1, -0.05) is 0 Å². The molecular formula is C15H16F4N6O3. The molecule has 0 atom stereocenters. The van der Waals surface area contributed by atoms with Gasteiger partial charge in [0.05, 0.1) is 11.6 Å². The topological polar surface area (TPSA) is 99.2 Å². The first-order chi connectivity index (χ1) is 13.2. The van der Waals surface area contributed by atoms with Gasteiger partial charge in [0.2, 0.25) is 11.7 Å². The number of halogens is 4. The van der Waals surface area contributed by atoms with E-state index >= 15 is 0 Å². The van der Waals surface area contributed by atoms with Gasteiger partial charge in [-0.3, -0.25) is 14.5 Å². The molecule has 3 rings (SSSR count). The number of nitro groups is 1. The smallest absolute Gasteiger partial charge is 0.415 e. The molecule has 1 saturated heterocycles. The first kappa shape index (κ1) is 19.8. The molecule has 0 N–H and O–H groups in total. The molecule has 0 aromatic carbocycles. The molecule has 0 aliphatic carbocycles. The first-order valence-corrected chi connectivity index (χ1v) is 8.30. The Morgan fingerprint density at radius 2 is 2.00 bits per heavy atom. The van der Waals surface area contributed by atoms with E-state index in [9.17, 15) is 27.7 Å². The number of nitrogens with zero attached hydrogens (tertiary/aromatic N) is 6. The fraction of sp³-hybridized carbons (Fsp3) is 0.533. The monoisotopic (exact) mass is 404 g/mol. The van der Waals surface area contributed by atoms with E-state index in [1.807, 2.05) is 0 Å². The summed E-state index contributed by atoms with van der Waals surface area (Å²) in [4.78, 5) is 20.1. The van der Waals surface area contributed by atoms with E-state index in [0.717, 1.165) is 11.0 Å². The number of ether oxygens (including phenoxy) is 1. The zero-order valence-corrected chi connectivity index (χ0v) is 14.7. The van der Waals surface area contributed by atoms with Crippen molar-refractivity contribution in [1.82, 2.24) is 19.7 Å². The second kappa shape index (κ2) is 7.56. The van der Waals surface area contributed by atoms with Crippen LogP contribution in [0.2, 0.25) is 0 Å². The van der Waals surface area contributed by atoms with E-state index in [2.05, 4.69) is 15.1 Å². The molecule has 1 aliphatic heterocycles. The largest absolute Gasteiger partial charge is 0.435 e. The number of hydrogen-bond acceptors (Lipinski definition) is 7. The number of aromatic nitrogens is 4. The standard InChI is InChI=1S/C15H16F4N6O3/c1-23-11(6-10(22-23)15(17,18)19)28-14-12(25(26)27)13(20-8-21-14)24-4-2-9(7-16)3-5-24/h6,8-9H,2-5,7H2,1H3. The van der Waals surface area contributed by atoms with E-state index in [4.69, 9.17) is 4.74 Å². The SMILES string of the molecule is Cn1nc(C(F)(F)F)cc1Oc1ncnc(N2CCC(CF)CC2)c1[N+](=O)[O-]. The van der Waals surface area contributed by atoms with E-state index < -0.39 is 35.0 Å². The van der Waals surface area contributed by atoms with Crippen molar-refractivity contribution in [3.8, 4) is 11.8 Å². The number of rotatable bonds is 5. The van der Waals surface area contributed by atoms with Crippen molar-refractivity contribution in [1.29, 1.82) is 0 Å². The van der Waals surface area contributed by atoms with Crippen LogP contribution in [0.3, 0.4) is 0 Å². The van der Waals surface area contributed by atoms with Crippen LogP contribution in [0.25, 0.3) is 0 Å². The van der Waals surface area contributed by atoms with Crippen molar-refractivity contribution >= 4 is 11.5 Å². The lowest BCUT2D eigenvalue weighted by Gasteiger charge is -2.31. The van der Waals surface area contributed by atoms with Crippen LogP contribution < -0.4 is 9.64 Å². The quantitative estimate of drug-likeness (QED) is 0.429. The summed E-state index contributed by atoms with van der Waals surface area (Å²) in [7, 11) is 1.21. The van der Waals surface area contributed by atoms with Gasteiger partial charge in [-0.15, -0.1) is 0 Å².